The van der Waals surface area contributed by atoms with Gasteiger partial charge in [-0.1, -0.05) is 17.7 Å². The molecule has 0 unspecified atom stereocenters. The van der Waals surface area contributed by atoms with Crippen molar-refractivity contribution in [2.45, 2.75) is 27.7 Å². The van der Waals surface area contributed by atoms with Crippen LogP contribution in [0.4, 0.5) is 10.8 Å². The predicted octanol–water partition coefficient (Wildman–Crippen LogP) is 2.82. The number of esters is 1. The minimum atomic E-state index is -0.722. The summed E-state index contributed by atoms with van der Waals surface area (Å²) in [6, 6.07) is 3.93. The van der Waals surface area contributed by atoms with Gasteiger partial charge in [-0.05, 0) is 31.9 Å². The van der Waals surface area contributed by atoms with Crippen molar-refractivity contribution >= 4 is 39.9 Å². The molecule has 2 rings (SSSR count). The van der Waals surface area contributed by atoms with Crippen molar-refractivity contribution in [1.29, 1.82) is 0 Å². The Balaban J connectivity index is 1.92. The van der Waals surface area contributed by atoms with Crippen LogP contribution in [-0.2, 0) is 14.3 Å². The maximum Gasteiger partial charge on any atom is 0.358 e. The van der Waals surface area contributed by atoms with Gasteiger partial charge in [0.15, 0.2) is 17.4 Å². The number of hydrogen-bond acceptors (Lipinski definition) is 6. The molecule has 2 aromatic rings. The van der Waals surface area contributed by atoms with Gasteiger partial charge in [-0.2, -0.15) is 0 Å². The molecule has 7 nitrogen and oxygen atoms in total. The molecule has 0 spiro atoms. The standard InChI is InChI=1S/C17H19N3O4S/c1-9-5-10(2)15(11(3)6-9)20-14(22)7-24-16(23)13-8-25-17(19-13)18-12(4)21/h5-6,8H,7H2,1-4H3,(H,20,22)(H,18,19,21). The van der Waals surface area contributed by atoms with Crippen LogP contribution in [0.2, 0.25) is 0 Å². The molecule has 0 aliphatic rings. The molecule has 1 heterocycles. The average Bonchev–Trinajstić information content (AvgIpc) is 2.96. The van der Waals surface area contributed by atoms with Crippen LogP contribution in [0, 0.1) is 20.8 Å². The number of ether oxygens (including phenoxy) is 1. The fourth-order valence-corrected chi connectivity index (χ4v) is 3.06. The topological polar surface area (TPSA) is 97.4 Å². The lowest BCUT2D eigenvalue weighted by Gasteiger charge is -2.12. The van der Waals surface area contributed by atoms with Crippen molar-refractivity contribution in [2.24, 2.45) is 0 Å². The van der Waals surface area contributed by atoms with E-state index in [0.717, 1.165) is 28.0 Å². The lowest BCUT2D eigenvalue weighted by molar-refractivity contribution is -0.119. The number of aromatic nitrogens is 1. The second kappa shape index (κ2) is 7.89. The van der Waals surface area contributed by atoms with E-state index in [1.807, 2.05) is 32.9 Å². The van der Waals surface area contributed by atoms with Crippen molar-refractivity contribution in [3.8, 4) is 0 Å². The van der Waals surface area contributed by atoms with Gasteiger partial charge in [0.05, 0.1) is 0 Å². The number of amides is 2. The first-order valence-corrected chi connectivity index (χ1v) is 8.42. The minimum absolute atomic E-state index is 0.0456. The van der Waals surface area contributed by atoms with Gasteiger partial charge in [0, 0.05) is 18.0 Å². The van der Waals surface area contributed by atoms with E-state index in [4.69, 9.17) is 4.74 Å². The third kappa shape index (κ3) is 5.12. The van der Waals surface area contributed by atoms with Crippen LogP contribution in [0.25, 0.3) is 0 Å². The largest absolute Gasteiger partial charge is 0.451 e. The summed E-state index contributed by atoms with van der Waals surface area (Å²) in [7, 11) is 0. The van der Waals surface area contributed by atoms with E-state index in [1.54, 1.807) is 0 Å². The van der Waals surface area contributed by atoms with E-state index in [-0.39, 0.29) is 11.6 Å². The Hall–Kier alpha value is -2.74. The molecular formula is C17H19N3O4S. The molecule has 2 N–H and O–H groups in total. The summed E-state index contributed by atoms with van der Waals surface area (Å²) >= 11 is 1.10. The van der Waals surface area contributed by atoms with Crippen LogP contribution in [0.1, 0.15) is 34.1 Å². The third-order valence-corrected chi connectivity index (χ3v) is 4.03. The van der Waals surface area contributed by atoms with E-state index >= 15 is 0 Å². The number of carbonyl (C=O) groups excluding carboxylic acids is 3. The molecule has 0 aliphatic carbocycles. The number of anilines is 2. The van der Waals surface area contributed by atoms with Crippen molar-refractivity contribution < 1.29 is 19.1 Å². The monoisotopic (exact) mass is 361 g/mol. The van der Waals surface area contributed by atoms with Gasteiger partial charge >= 0.3 is 5.97 Å². The Bertz CT molecular complexity index is 806. The normalized spacial score (nSPS) is 10.2. The van der Waals surface area contributed by atoms with Gasteiger partial charge in [-0.25, -0.2) is 9.78 Å². The van der Waals surface area contributed by atoms with Crippen LogP contribution in [0.3, 0.4) is 0 Å². The fraction of sp³-hybridized carbons (Fsp3) is 0.294. The van der Waals surface area contributed by atoms with Gasteiger partial charge in [0.1, 0.15) is 0 Å². The molecule has 1 aromatic carbocycles. The van der Waals surface area contributed by atoms with Gasteiger partial charge < -0.3 is 15.4 Å². The number of hydrogen-bond donors (Lipinski definition) is 2. The van der Waals surface area contributed by atoms with Crippen LogP contribution < -0.4 is 10.6 Å². The number of nitrogens with zero attached hydrogens (tertiary/aromatic N) is 1. The van der Waals surface area contributed by atoms with Gasteiger partial charge in [-0.15, -0.1) is 11.3 Å². The Labute approximate surface area is 149 Å². The summed E-state index contributed by atoms with van der Waals surface area (Å²) in [4.78, 5) is 38.8. The first-order valence-electron chi connectivity index (χ1n) is 7.54. The minimum Gasteiger partial charge on any atom is -0.451 e. The van der Waals surface area contributed by atoms with Crippen LogP contribution >= 0.6 is 11.3 Å². The summed E-state index contributed by atoms with van der Waals surface area (Å²) in [6.07, 6.45) is 0. The quantitative estimate of drug-likeness (QED) is 0.798. The molecule has 2 amide bonds. The molecule has 0 aliphatic heterocycles. The van der Waals surface area contributed by atoms with Gasteiger partial charge in [0.25, 0.3) is 5.91 Å². The first kappa shape index (κ1) is 18.6. The summed E-state index contributed by atoms with van der Waals surface area (Å²) in [6.45, 7) is 6.72. The summed E-state index contributed by atoms with van der Waals surface area (Å²) in [5.74, 6) is -1.43. The highest BCUT2D eigenvalue weighted by atomic mass is 32.1. The summed E-state index contributed by atoms with van der Waals surface area (Å²) in [5.41, 5.74) is 3.75. The van der Waals surface area contributed by atoms with E-state index in [9.17, 15) is 14.4 Å². The molecule has 0 bridgehead atoms. The zero-order valence-electron chi connectivity index (χ0n) is 14.4. The molecule has 0 fully saturated rings. The fourth-order valence-electron chi connectivity index (χ4n) is 2.33. The van der Waals surface area contributed by atoms with Crippen LogP contribution in [0.5, 0.6) is 0 Å². The molecule has 8 heteroatoms. The Kier molecular flexibility index (Phi) is 5.87. The molecule has 0 radical (unpaired) electrons. The van der Waals surface area contributed by atoms with E-state index in [0.29, 0.717) is 10.8 Å². The lowest BCUT2D eigenvalue weighted by atomic mass is 10.1. The van der Waals surface area contributed by atoms with Crippen LogP contribution in [0.15, 0.2) is 17.5 Å². The van der Waals surface area contributed by atoms with Gasteiger partial charge in [-0.3, -0.25) is 9.59 Å². The third-order valence-electron chi connectivity index (χ3n) is 3.27. The first-order chi connectivity index (χ1) is 11.8. The Morgan fingerprint density at radius 1 is 1.12 bits per heavy atom. The summed E-state index contributed by atoms with van der Waals surface area (Å²) in [5, 5.41) is 6.99. The maximum absolute atomic E-state index is 12.0. The van der Waals surface area contributed by atoms with Crippen molar-refractivity contribution in [2.75, 3.05) is 17.2 Å². The SMILES string of the molecule is CC(=O)Nc1nc(C(=O)OCC(=O)Nc2c(C)cc(C)cc2C)cs1. The number of aryl methyl sites for hydroxylation is 3. The summed E-state index contributed by atoms with van der Waals surface area (Å²) < 4.78 is 4.96. The van der Waals surface area contributed by atoms with E-state index in [2.05, 4.69) is 15.6 Å². The molecule has 132 valence electrons. The smallest absolute Gasteiger partial charge is 0.358 e. The number of nitrogens with one attached hydrogen (secondary N) is 2. The Morgan fingerprint density at radius 3 is 2.36 bits per heavy atom. The molecule has 1 aromatic heterocycles. The molecule has 0 saturated heterocycles. The zero-order chi connectivity index (χ0) is 18.6. The van der Waals surface area contributed by atoms with Crippen molar-refractivity contribution in [1.82, 2.24) is 4.98 Å². The Morgan fingerprint density at radius 2 is 1.76 bits per heavy atom. The number of rotatable bonds is 5. The maximum atomic E-state index is 12.0. The van der Waals surface area contributed by atoms with Crippen molar-refractivity contribution in [3.05, 3.63) is 39.9 Å². The average molecular weight is 361 g/mol. The molecule has 25 heavy (non-hydrogen) atoms. The zero-order valence-corrected chi connectivity index (χ0v) is 15.2. The van der Waals surface area contributed by atoms with E-state index < -0.39 is 18.5 Å². The number of benzene rings is 1. The highest BCUT2D eigenvalue weighted by Gasteiger charge is 2.15. The van der Waals surface area contributed by atoms with Crippen molar-refractivity contribution in [3.63, 3.8) is 0 Å². The molecular weight excluding hydrogens is 342 g/mol. The highest BCUT2D eigenvalue weighted by molar-refractivity contribution is 7.14. The molecule has 0 saturated carbocycles. The second-order valence-electron chi connectivity index (χ2n) is 5.62. The van der Waals surface area contributed by atoms with Gasteiger partial charge in [0.2, 0.25) is 5.91 Å². The van der Waals surface area contributed by atoms with E-state index in [1.165, 1.54) is 12.3 Å². The number of carbonyl (C=O) groups is 3. The predicted molar refractivity (Wildman–Crippen MR) is 96.0 cm³/mol. The number of thiazole rings is 1. The lowest BCUT2D eigenvalue weighted by Crippen LogP contribution is -2.22. The molecule has 0 atom stereocenters. The van der Waals surface area contributed by atoms with Crippen LogP contribution in [-0.4, -0.2) is 29.4 Å². The second-order valence-corrected chi connectivity index (χ2v) is 6.48. The highest BCUT2D eigenvalue weighted by Crippen LogP contribution is 2.22.